The van der Waals surface area contributed by atoms with Gasteiger partial charge < -0.3 is 4.42 Å². The first-order chi connectivity index (χ1) is 13.5. The molecule has 1 aliphatic carbocycles. The number of rotatable bonds is 5. The Kier molecular flexibility index (Phi) is 5.32. The molecule has 1 aliphatic rings. The molecule has 0 spiro atoms. The molecule has 28 heavy (non-hydrogen) atoms. The number of amides is 1. The van der Waals surface area contributed by atoms with E-state index in [1.54, 1.807) is 30.3 Å². The summed E-state index contributed by atoms with van der Waals surface area (Å²) >= 11 is 1.51. The van der Waals surface area contributed by atoms with Crippen LogP contribution in [0.25, 0.3) is 0 Å². The van der Waals surface area contributed by atoms with Gasteiger partial charge in [-0.05, 0) is 49.9 Å². The fraction of sp³-hybridized carbons (Fsp3) is 0.300. The third-order valence-corrected chi connectivity index (χ3v) is 7.36. The highest BCUT2D eigenvalue weighted by atomic mass is 32.2. The molecule has 0 atom stereocenters. The quantitative estimate of drug-likeness (QED) is 0.629. The monoisotopic (exact) mass is 416 g/mol. The molecule has 0 saturated heterocycles. The number of benzene rings is 1. The number of anilines is 1. The highest BCUT2D eigenvalue weighted by Gasteiger charge is 2.20. The average Bonchev–Trinajstić information content (AvgIpc) is 3.23. The Morgan fingerprint density at radius 2 is 1.86 bits per heavy atom. The Labute approximate surface area is 167 Å². The van der Waals surface area contributed by atoms with Gasteiger partial charge in [0, 0.05) is 4.88 Å². The fourth-order valence-corrected chi connectivity index (χ4v) is 5.53. The van der Waals surface area contributed by atoms with Crippen LogP contribution in [0.3, 0.4) is 0 Å². The molecule has 0 aliphatic heterocycles. The van der Waals surface area contributed by atoms with Crippen LogP contribution < -0.4 is 5.32 Å². The summed E-state index contributed by atoms with van der Waals surface area (Å²) in [7, 11) is -3.53. The first-order valence-corrected chi connectivity index (χ1v) is 11.6. The molecule has 0 fully saturated rings. The van der Waals surface area contributed by atoms with Crippen molar-refractivity contribution in [2.75, 3.05) is 5.32 Å². The number of fused-ring (bicyclic) bond motifs is 1. The molecule has 6 nitrogen and oxygen atoms in total. The maximum Gasteiger partial charge on any atom is 0.293 e. The lowest BCUT2D eigenvalue weighted by molar-refractivity contribution is 0.0995. The van der Waals surface area contributed by atoms with E-state index < -0.39 is 15.7 Å². The molecule has 1 N–H and O–H groups in total. The van der Waals surface area contributed by atoms with Gasteiger partial charge in [-0.2, -0.15) is 0 Å². The minimum atomic E-state index is -3.53. The van der Waals surface area contributed by atoms with E-state index in [2.05, 4.69) is 10.3 Å². The number of carbonyl (C=O) groups excluding carboxylic acids is 1. The highest BCUT2D eigenvalue weighted by Crippen LogP contribution is 2.29. The predicted molar refractivity (Wildman–Crippen MR) is 107 cm³/mol. The maximum absolute atomic E-state index is 12.5. The lowest BCUT2D eigenvalue weighted by Gasteiger charge is -2.02. The lowest BCUT2D eigenvalue weighted by Crippen LogP contribution is -2.11. The molecular formula is C20H20N2O4S2. The molecule has 0 unspecified atom stereocenters. The summed E-state index contributed by atoms with van der Waals surface area (Å²) in [6.07, 6.45) is 5.45. The Morgan fingerprint density at radius 3 is 2.68 bits per heavy atom. The summed E-state index contributed by atoms with van der Waals surface area (Å²) in [4.78, 5) is 18.4. The minimum Gasteiger partial charge on any atom is -0.455 e. The first kappa shape index (κ1) is 18.9. The summed E-state index contributed by atoms with van der Waals surface area (Å²) in [5.74, 6) is -0.421. The van der Waals surface area contributed by atoms with Crippen LogP contribution >= 0.6 is 11.3 Å². The van der Waals surface area contributed by atoms with Crippen LogP contribution in [0, 0.1) is 0 Å². The van der Waals surface area contributed by atoms with Crippen molar-refractivity contribution in [1.82, 2.24) is 4.98 Å². The zero-order valence-corrected chi connectivity index (χ0v) is 16.8. The molecule has 1 aromatic carbocycles. The van der Waals surface area contributed by atoms with E-state index >= 15 is 0 Å². The number of nitrogens with one attached hydrogen (secondary N) is 1. The summed E-state index contributed by atoms with van der Waals surface area (Å²) < 4.78 is 30.4. The van der Waals surface area contributed by atoms with Gasteiger partial charge in [0.15, 0.2) is 20.7 Å². The third kappa shape index (κ3) is 4.18. The van der Waals surface area contributed by atoms with Gasteiger partial charge in [-0.1, -0.05) is 24.6 Å². The maximum atomic E-state index is 12.5. The molecule has 1 amide bonds. The van der Waals surface area contributed by atoms with Crippen LogP contribution in [0.2, 0.25) is 0 Å². The standard InChI is InChI=1S/C20H20N2O4S2/c23-19(22-20-21-16-9-5-2-6-10-18(16)27-20)17-12-11-14(26-17)13-28(24,25)15-7-3-1-4-8-15/h1,3-4,7-8,11-12H,2,5-6,9-10,13H2,(H,21,22,23). The number of aryl methyl sites for hydroxylation is 2. The summed E-state index contributed by atoms with van der Waals surface area (Å²) in [6, 6.07) is 11.2. The Balaban J connectivity index is 1.45. The van der Waals surface area contributed by atoms with Crippen molar-refractivity contribution in [3.63, 3.8) is 0 Å². The molecule has 2 aromatic heterocycles. The lowest BCUT2D eigenvalue weighted by atomic mass is 10.2. The molecule has 0 radical (unpaired) electrons. The summed E-state index contributed by atoms with van der Waals surface area (Å²) in [5, 5.41) is 3.33. The zero-order valence-electron chi connectivity index (χ0n) is 15.2. The minimum absolute atomic E-state index is 0.0728. The van der Waals surface area contributed by atoms with Crippen molar-refractivity contribution in [2.24, 2.45) is 0 Å². The van der Waals surface area contributed by atoms with E-state index in [1.807, 2.05) is 0 Å². The third-order valence-electron chi connectivity index (χ3n) is 4.64. The van der Waals surface area contributed by atoms with Crippen LogP contribution in [-0.2, 0) is 28.4 Å². The van der Waals surface area contributed by atoms with Crippen molar-refractivity contribution in [3.8, 4) is 0 Å². The fourth-order valence-electron chi connectivity index (χ4n) is 3.22. The van der Waals surface area contributed by atoms with Crippen molar-refractivity contribution in [3.05, 3.63) is 64.6 Å². The SMILES string of the molecule is O=C(Nc1nc2c(s1)CCCCC2)c1ccc(CS(=O)(=O)c2ccccc2)o1. The van der Waals surface area contributed by atoms with E-state index in [0.29, 0.717) is 5.13 Å². The van der Waals surface area contributed by atoms with Crippen molar-refractivity contribution >= 4 is 32.2 Å². The smallest absolute Gasteiger partial charge is 0.293 e. The topological polar surface area (TPSA) is 89.3 Å². The molecule has 8 heteroatoms. The molecular weight excluding hydrogens is 396 g/mol. The van der Waals surface area contributed by atoms with E-state index in [9.17, 15) is 13.2 Å². The van der Waals surface area contributed by atoms with Gasteiger partial charge >= 0.3 is 0 Å². The largest absolute Gasteiger partial charge is 0.455 e. The van der Waals surface area contributed by atoms with Crippen molar-refractivity contribution in [2.45, 2.75) is 42.8 Å². The number of sulfone groups is 1. The van der Waals surface area contributed by atoms with Crippen LogP contribution in [0.15, 0.2) is 51.8 Å². The number of furan rings is 1. The van der Waals surface area contributed by atoms with Gasteiger partial charge in [0.2, 0.25) is 0 Å². The molecule has 4 rings (SSSR count). The van der Waals surface area contributed by atoms with Gasteiger partial charge in [0.1, 0.15) is 11.5 Å². The van der Waals surface area contributed by atoms with E-state index in [1.165, 1.54) is 34.8 Å². The van der Waals surface area contributed by atoms with E-state index in [-0.39, 0.29) is 22.2 Å². The Hall–Kier alpha value is -2.45. The average molecular weight is 417 g/mol. The van der Waals surface area contributed by atoms with Gasteiger partial charge in [-0.15, -0.1) is 11.3 Å². The van der Waals surface area contributed by atoms with Gasteiger partial charge in [-0.3, -0.25) is 10.1 Å². The van der Waals surface area contributed by atoms with Gasteiger partial charge in [-0.25, -0.2) is 13.4 Å². The van der Waals surface area contributed by atoms with Crippen LogP contribution in [0.1, 0.15) is 46.1 Å². The van der Waals surface area contributed by atoms with Crippen molar-refractivity contribution in [1.29, 1.82) is 0 Å². The molecule has 0 bridgehead atoms. The summed E-state index contributed by atoms with van der Waals surface area (Å²) in [5.41, 5.74) is 1.08. The highest BCUT2D eigenvalue weighted by molar-refractivity contribution is 7.90. The number of hydrogen-bond donors (Lipinski definition) is 1. The van der Waals surface area contributed by atoms with E-state index in [0.717, 1.165) is 31.4 Å². The Bertz CT molecular complexity index is 1060. The number of nitrogens with zero attached hydrogens (tertiary/aromatic N) is 1. The molecule has 3 aromatic rings. The number of thiazole rings is 1. The van der Waals surface area contributed by atoms with Gasteiger partial charge in [0.25, 0.3) is 5.91 Å². The van der Waals surface area contributed by atoms with E-state index in [4.69, 9.17) is 4.42 Å². The van der Waals surface area contributed by atoms with Crippen LogP contribution in [-0.4, -0.2) is 19.3 Å². The van der Waals surface area contributed by atoms with Crippen molar-refractivity contribution < 1.29 is 17.6 Å². The normalized spacial score (nSPS) is 14.3. The Morgan fingerprint density at radius 1 is 1.07 bits per heavy atom. The molecule has 2 heterocycles. The number of hydrogen-bond acceptors (Lipinski definition) is 6. The summed E-state index contributed by atoms with van der Waals surface area (Å²) in [6.45, 7) is 0. The van der Waals surface area contributed by atoms with Gasteiger partial charge in [0.05, 0.1) is 10.6 Å². The second-order valence-corrected chi connectivity index (χ2v) is 9.81. The first-order valence-electron chi connectivity index (χ1n) is 9.18. The molecule has 0 saturated carbocycles. The zero-order chi connectivity index (χ0) is 19.6. The second-order valence-electron chi connectivity index (χ2n) is 6.74. The second kappa shape index (κ2) is 7.89. The van der Waals surface area contributed by atoms with Crippen LogP contribution in [0.5, 0.6) is 0 Å². The predicted octanol–water partition coefficient (Wildman–Crippen LogP) is 4.23. The number of carbonyl (C=O) groups is 1. The number of aromatic nitrogens is 1. The molecule has 146 valence electrons. The van der Waals surface area contributed by atoms with Crippen LogP contribution in [0.4, 0.5) is 5.13 Å².